The van der Waals surface area contributed by atoms with Crippen LogP contribution in [0.2, 0.25) is 0 Å². The summed E-state index contributed by atoms with van der Waals surface area (Å²) in [5.41, 5.74) is -0.861. The summed E-state index contributed by atoms with van der Waals surface area (Å²) in [6, 6.07) is 9.00. The summed E-state index contributed by atoms with van der Waals surface area (Å²) in [6.07, 6.45) is 0. The van der Waals surface area contributed by atoms with Crippen molar-refractivity contribution in [3.05, 3.63) is 61.6 Å². The first kappa shape index (κ1) is 12.7. The van der Waals surface area contributed by atoms with Crippen molar-refractivity contribution in [3.8, 4) is 0 Å². The zero-order valence-electron chi connectivity index (χ0n) is 10.2. The molecule has 0 fully saturated rings. The van der Waals surface area contributed by atoms with Gasteiger partial charge in [-0.1, -0.05) is 30.3 Å². The lowest BCUT2D eigenvalue weighted by Crippen LogP contribution is -2.35. The SMILES string of the molecule is CNc1[nH]c(=O)n(Cc2ccccc2)c(=O)c1N=O. The Morgan fingerprint density at radius 2 is 1.95 bits per heavy atom. The second kappa shape index (κ2) is 5.30. The Morgan fingerprint density at radius 3 is 2.53 bits per heavy atom. The Hall–Kier alpha value is -2.70. The van der Waals surface area contributed by atoms with Crippen molar-refractivity contribution < 1.29 is 0 Å². The van der Waals surface area contributed by atoms with Gasteiger partial charge in [0.1, 0.15) is 5.82 Å². The molecule has 0 aliphatic heterocycles. The first-order chi connectivity index (χ1) is 9.17. The molecule has 98 valence electrons. The summed E-state index contributed by atoms with van der Waals surface area (Å²) in [4.78, 5) is 36.9. The average Bonchev–Trinajstić information content (AvgIpc) is 2.44. The number of benzene rings is 1. The van der Waals surface area contributed by atoms with Crippen LogP contribution in [0.1, 0.15) is 5.56 Å². The Labute approximate surface area is 107 Å². The van der Waals surface area contributed by atoms with Crippen LogP contribution in [0.25, 0.3) is 0 Å². The van der Waals surface area contributed by atoms with E-state index >= 15 is 0 Å². The summed E-state index contributed by atoms with van der Waals surface area (Å²) in [5.74, 6) is 0.0225. The molecule has 0 aliphatic carbocycles. The van der Waals surface area contributed by atoms with Gasteiger partial charge < -0.3 is 5.32 Å². The number of aromatic nitrogens is 2. The fraction of sp³-hybridized carbons (Fsp3) is 0.167. The smallest absolute Gasteiger partial charge is 0.330 e. The number of aromatic amines is 1. The molecule has 0 saturated heterocycles. The zero-order chi connectivity index (χ0) is 13.8. The lowest BCUT2D eigenvalue weighted by atomic mass is 10.2. The van der Waals surface area contributed by atoms with Gasteiger partial charge in [-0.25, -0.2) is 4.79 Å². The van der Waals surface area contributed by atoms with Gasteiger partial charge in [-0.3, -0.25) is 14.3 Å². The average molecular weight is 260 g/mol. The number of anilines is 1. The molecule has 0 unspecified atom stereocenters. The summed E-state index contributed by atoms with van der Waals surface area (Å²) in [5, 5.41) is 5.22. The van der Waals surface area contributed by atoms with E-state index in [0.717, 1.165) is 10.1 Å². The monoisotopic (exact) mass is 260 g/mol. The number of nitrogens with one attached hydrogen (secondary N) is 2. The number of hydrogen-bond acceptors (Lipinski definition) is 5. The van der Waals surface area contributed by atoms with Gasteiger partial charge in [0.25, 0.3) is 5.56 Å². The van der Waals surface area contributed by atoms with E-state index < -0.39 is 11.2 Å². The van der Waals surface area contributed by atoms with Gasteiger partial charge in [0.05, 0.1) is 6.54 Å². The van der Waals surface area contributed by atoms with E-state index in [1.54, 1.807) is 24.3 Å². The fourth-order valence-electron chi connectivity index (χ4n) is 1.74. The van der Waals surface area contributed by atoms with Gasteiger partial charge in [0.15, 0.2) is 0 Å². The standard InChI is InChI=1S/C12H12N4O3/c1-13-10-9(15-19)11(17)16(12(18)14-10)7-8-5-3-2-4-6-8/h2-6,13H,7H2,1H3,(H,14,18). The predicted octanol–water partition coefficient (Wildman–Crippen LogP) is 1.02. The van der Waals surface area contributed by atoms with Crippen LogP contribution in [0.15, 0.2) is 45.1 Å². The predicted molar refractivity (Wildman–Crippen MR) is 71.9 cm³/mol. The molecule has 1 aromatic carbocycles. The third-order valence-electron chi connectivity index (χ3n) is 2.69. The molecule has 2 rings (SSSR count). The first-order valence-electron chi connectivity index (χ1n) is 5.59. The van der Waals surface area contributed by atoms with Crippen molar-refractivity contribution in [1.29, 1.82) is 0 Å². The van der Waals surface area contributed by atoms with Crippen molar-refractivity contribution in [1.82, 2.24) is 9.55 Å². The summed E-state index contributed by atoms with van der Waals surface area (Å²) < 4.78 is 0.937. The third-order valence-corrected chi connectivity index (χ3v) is 2.69. The lowest BCUT2D eigenvalue weighted by Gasteiger charge is -2.07. The van der Waals surface area contributed by atoms with Crippen LogP contribution in [0.3, 0.4) is 0 Å². The molecule has 0 radical (unpaired) electrons. The molecular weight excluding hydrogens is 248 g/mol. The van der Waals surface area contributed by atoms with Gasteiger partial charge in [-0.2, -0.15) is 0 Å². The second-order valence-electron chi connectivity index (χ2n) is 3.87. The van der Waals surface area contributed by atoms with E-state index in [-0.39, 0.29) is 18.1 Å². The van der Waals surface area contributed by atoms with Gasteiger partial charge in [-0.15, -0.1) is 4.91 Å². The Balaban J connectivity index is 2.56. The number of rotatable bonds is 4. The largest absolute Gasteiger partial charge is 0.373 e. The van der Waals surface area contributed by atoms with E-state index in [4.69, 9.17) is 0 Å². The summed E-state index contributed by atoms with van der Waals surface area (Å²) in [7, 11) is 1.49. The lowest BCUT2D eigenvalue weighted by molar-refractivity contribution is 0.701. The first-order valence-corrected chi connectivity index (χ1v) is 5.59. The van der Waals surface area contributed by atoms with Crippen molar-refractivity contribution in [2.45, 2.75) is 6.54 Å². The van der Waals surface area contributed by atoms with E-state index in [9.17, 15) is 14.5 Å². The minimum absolute atomic E-state index is 0.0225. The molecule has 0 amide bonds. The van der Waals surface area contributed by atoms with E-state index in [0.29, 0.717) is 0 Å². The topological polar surface area (TPSA) is 96.3 Å². The molecule has 7 heteroatoms. The molecule has 0 aliphatic rings. The highest BCUT2D eigenvalue weighted by atomic mass is 16.3. The van der Waals surface area contributed by atoms with Crippen LogP contribution in [0.4, 0.5) is 11.5 Å². The summed E-state index contributed by atoms with van der Waals surface area (Å²) >= 11 is 0. The van der Waals surface area contributed by atoms with E-state index in [2.05, 4.69) is 15.5 Å². The van der Waals surface area contributed by atoms with Crippen LogP contribution < -0.4 is 16.6 Å². The quantitative estimate of drug-likeness (QED) is 0.802. The highest BCUT2D eigenvalue weighted by molar-refractivity contribution is 5.57. The number of nitrogens with zero attached hydrogens (tertiary/aromatic N) is 2. The number of nitroso groups, excluding NO2 is 1. The van der Waals surface area contributed by atoms with Crippen molar-refractivity contribution >= 4 is 11.5 Å². The highest BCUT2D eigenvalue weighted by Gasteiger charge is 2.13. The molecule has 2 N–H and O–H groups in total. The van der Waals surface area contributed by atoms with Gasteiger partial charge in [-0.05, 0) is 10.7 Å². The van der Waals surface area contributed by atoms with Crippen LogP contribution >= 0.6 is 0 Å². The van der Waals surface area contributed by atoms with Crippen LogP contribution in [-0.2, 0) is 6.54 Å². The van der Waals surface area contributed by atoms with Gasteiger partial charge >= 0.3 is 5.69 Å². The minimum atomic E-state index is -0.716. The van der Waals surface area contributed by atoms with Gasteiger partial charge in [0, 0.05) is 7.05 Å². The molecule has 0 spiro atoms. The van der Waals surface area contributed by atoms with Crippen molar-refractivity contribution in [2.75, 3.05) is 12.4 Å². The highest BCUT2D eigenvalue weighted by Crippen LogP contribution is 2.13. The molecule has 19 heavy (non-hydrogen) atoms. The maximum absolute atomic E-state index is 12.0. The minimum Gasteiger partial charge on any atom is -0.373 e. The molecule has 7 nitrogen and oxygen atoms in total. The molecule has 0 saturated carbocycles. The molecule has 2 aromatic rings. The number of H-pyrrole nitrogens is 1. The van der Waals surface area contributed by atoms with Crippen LogP contribution in [0.5, 0.6) is 0 Å². The molecular formula is C12H12N4O3. The number of hydrogen-bond donors (Lipinski definition) is 2. The zero-order valence-corrected chi connectivity index (χ0v) is 10.2. The Bertz CT molecular complexity index is 703. The second-order valence-corrected chi connectivity index (χ2v) is 3.87. The van der Waals surface area contributed by atoms with Crippen molar-refractivity contribution in [3.63, 3.8) is 0 Å². The van der Waals surface area contributed by atoms with Crippen LogP contribution in [-0.4, -0.2) is 16.6 Å². The molecule has 0 atom stereocenters. The van der Waals surface area contributed by atoms with E-state index in [1.165, 1.54) is 7.05 Å². The maximum Gasteiger partial charge on any atom is 0.330 e. The Morgan fingerprint density at radius 1 is 1.26 bits per heavy atom. The maximum atomic E-state index is 12.0. The third kappa shape index (κ3) is 2.44. The summed E-state index contributed by atoms with van der Waals surface area (Å²) in [6.45, 7) is 0.0848. The molecule has 1 heterocycles. The van der Waals surface area contributed by atoms with Crippen LogP contribution in [0, 0.1) is 4.91 Å². The molecule has 0 bridgehead atoms. The van der Waals surface area contributed by atoms with Crippen molar-refractivity contribution in [2.24, 2.45) is 5.18 Å². The van der Waals surface area contributed by atoms with Gasteiger partial charge in [0.2, 0.25) is 5.69 Å². The Kier molecular flexibility index (Phi) is 3.56. The fourth-order valence-corrected chi connectivity index (χ4v) is 1.74. The van der Waals surface area contributed by atoms with E-state index in [1.807, 2.05) is 6.07 Å². The normalized spacial score (nSPS) is 10.2. The molecule has 1 aromatic heterocycles.